The van der Waals surface area contributed by atoms with Crippen molar-refractivity contribution in [3.05, 3.63) is 0 Å². The Labute approximate surface area is 393 Å². The second kappa shape index (κ2) is 33.5. The average molecular weight is 986 g/mol. The van der Waals surface area contributed by atoms with Crippen molar-refractivity contribution >= 4 is 35.4 Å². The molecule has 4 unspecified atom stereocenters. The van der Waals surface area contributed by atoms with Crippen molar-refractivity contribution in [2.45, 2.75) is 146 Å². The summed E-state index contributed by atoms with van der Waals surface area (Å²) >= 11 is 0. The van der Waals surface area contributed by atoms with Gasteiger partial charge in [0.2, 0.25) is 0 Å². The van der Waals surface area contributed by atoms with Crippen LogP contribution in [0.1, 0.15) is 122 Å². The van der Waals surface area contributed by atoms with E-state index in [1.54, 1.807) is 6.92 Å². The Balaban J connectivity index is -0.000000236. The van der Waals surface area contributed by atoms with Crippen LogP contribution >= 0.6 is 23.5 Å². The molecule has 1 aliphatic rings. The number of esters is 2. The Morgan fingerprint density at radius 3 is 1.42 bits per heavy atom. The van der Waals surface area contributed by atoms with Crippen molar-refractivity contribution in [1.82, 2.24) is 6.15 Å². The average Bonchev–Trinajstić information content (AvgIpc) is 3.20. The van der Waals surface area contributed by atoms with Gasteiger partial charge in [-0.1, -0.05) is 89.9 Å². The molecule has 8 atom stereocenters. The molecule has 380 valence electrons. The van der Waals surface area contributed by atoms with Gasteiger partial charge in [-0.05, 0) is 84.4 Å². The fraction of sp³-hybridized carbons (Fsp3) is 0.610. The summed E-state index contributed by atoms with van der Waals surface area (Å²) in [7, 11) is -16.7. The topological polar surface area (TPSA) is 338 Å². The first-order chi connectivity index (χ1) is 29.8. The van der Waals surface area contributed by atoms with E-state index in [2.05, 4.69) is 92.9 Å². The lowest BCUT2D eigenvalue weighted by atomic mass is 9.85. The molecule has 0 spiro atoms. The molecule has 0 heterocycles. The summed E-state index contributed by atoms with van der Waals surface area (Å²) in [6.45, 7) is 1.99. The highest BCUT2D eigenvalue weighted by Gasteiger charge is 2.56. The first-order valence-corrected chi connectivity index (χ1v) is 24.3. The van der Waals surface area contributed by atoms with Crippen molar-refractivity contribution in [3.63, 3.8) is 0 Å². The van der Waals surface area contributed by atoms with Crippen molar-refractivity contribution in [3.8, 4) is 82.9 Å². The van der Waals surface area contributed by atoms with Gasteiger partial charge >= 0.3 is 35.4 Å². The molecule has 0 aliphatic heterocycles. The molecular weight excluding hydrogens is 903 g/mol. The molecule has 0 bridgehead atoms. The minimum absolute atomic E-state index is 0. The van der Waals surface area contributed by atoms with E-state index >= 15 is 0 Å². The molecule has 1 rings (SSSR count). The predicted molar refractivity (Wildman–Crippen MR) is 256 cm³/mol. The van der Waals surface area contributed by atoms with E-state index in [0.717, 1.165) is 25.7 Å². The quantitative estimate of drug-likeness (QED) is 0.0161. The van der Waals surface area contributed by atoms with Crippen molar-refractivity contribution in [2.75, 3.05) is 13.2 Å². The second-order valence-electron chi connectivity index (χ2n) is 13.5. The Morgan fingerprint density at radius 1 is 0.562 bits per heavy atom. The van der Waals surface area contributed by atoms with Gasteiger partial charge in [0.05, 0.1) is 6.61 Å². The third-order valence-corrected chi connectivity index (χ3v) is 10.4. The van der Waals surface area contributed by atoms with Crippen LogP contribution in [0.2, 0.25) is 0 Å². The fourth-order valence-corrected chi connectivity index (χ4v) is 7.62. The highest BCUT2D eigenvalue weighted by atomic mass is 31.2. The van der Waals surface area contributed by atoms with Crippen molar-refractivity contribution < 1.29 is 109 Å². The summed E-state index contributed by atoms with van der Waals surface area (Å²) in [4.78, 5) is 72.4. The predicted octanol–water partition coefficient (Wildman–Crippen LogP) is 5.88. The fourth-order valence-electron chi connectivity index (χ4n) is 5.52. The molecule has 64 heavy (non-hydrogen) atoms. The number of carbonyl (C=O) groups excluding carboxylic acids is 2. The number of aliphatic hydroxyl groups is 3. The Morgan fingerprint density at radius 2 is 0.969 bits per heavy atom. The molecule has 0 aromatic carbocycles. The summed E-state index contributed by atoms with van der Waals surface area (Å²) in [6, 6.07) is 0. The minimum atomic E-state index is -5.63. The zero-order valence-electron chi connectivity index (χ0n) is 35.5. The van der Waals surface area contributed by atoms with Gasteiger partial charge in [-0.25, -0.2) is 18.5 Å². The van der Waals surface area contributed by atoms with Gasteiger partial charge in [0.25, 0.3) is 0 Å². The summed E-state index contributed by atoms with van der Waals surface area (Å²) in [5, 5.41) is 31.7. The maximum Gasteiger partial charge on any atom is 0.472 e. The SMILES string of the molecule is CC#CC#CC#CC#CC#CC#CC#CC(=O)OC[C@H](COP(=O)(O)OC1C(O)[C@H](OP(=O)(O)O)[C@H](OP(=O)(O)O)C(O)[C@@H]1O)OC(=O)CCCCCCCCCCCCCCC.N.[HH].[HH].[HH].[HH].[HH].[HH].[HH].[HH].[HH].[HH].[HH].[HH].[HH]. The lowest BCUT2D eigenvalue weighted by molar-refractivity contribution is -0.213. The maximum absolute atomic E-state index is 13.0. The molecule has 20 nitrogen and oxygen atoms in total. The van der Waals surface area contributed by atoms with Gasteiger partial charge in [0, 0.05) is 30.9 Å². The van der Waals surface area contributed by atoms with Gasteiger partial charge in [-0.2, -0.15) is 0 Å². The van der Waals surface area contributed by atoms with Crippen LogP contribution in [-0.4, -0.2) is 108 Å². The lowest BCUT2D eigenvalue weighted by Gasteiger charge is -2.44. The van der Waals surface area contributed by atoms with Gasteiger partial charge < -0.3 is 55.4 Å². The number of ether oxygens (including phenoxy) is 2. The van der Waals surface area contributed by atoms with Crippen molar-refractivity contribution in [1.29, 1.82) is 0 Å². The first-order valence-electron chi connectivity index (χ1n) is 19.8. The Bertz CT molecular complexity index is 2130. The highest BCUT2D eigenvalue weighted by molar-refractivity contribution is 7.47. The zero-order valence-corrected chi connectivity index (χ0v) is 38.2. The largest absolute Gasteiger partial charge is 0.472 e. The summed E-state index contributed by atoms with van der Waals surface area (Å²) < 4.78 is 64.5. The normalized spacial score (nSPS) is 20.0. The molecule has 1 saturated carbocycles. The second-order valence-corrected chi connectivity index (χ2v) is 17.3. The highest BCUT2D eigenvalue weighted by Crippen LogP contribution is 2.51. The number of rotatable bonds is 26. The van der Waals surface area contributed by atoms with Crippen LogP contribution in [0.25, 0.3) is 0 Å². The van der Waals surface area contributed by atoms with Crippen LogP contribution in [0.3, 0.4) is 0 Å². The van der Waals surface area contributed by atoms with Crippen LogP contribution in [0.5, 0.6) is 0 Å². The number of phosphoric acid groups is 3. The third kappa shape index (κ3) is 29.5. The number of carbonyl (C=O) groups is 2. The number of hydrogen-bond donors (Lipinski definition) is 9. The van der Waals surface area contributed by atoms with Gasteiger partial charge in [-0.3, -0.25) is 22.9 Å². The molecule has 0 aromatic heterocycles. The monoisotopic (exact) mass is 985 g/mol. The van der Waals surface area contributed by atoms with Gasteiger partial charge in [0.15, 0.2) is 6.10 Å². The van der Waals surface area contributed by atoms with Gasteiger partial charge in [-0.15, -0.1) is 0 Å². The summed E-state index contributed by atoms with van der Waals surface area (Å²) in [5.74, 6) is 31.2. The van der Waals surface area contributed by atoms with Crippen LogP contribution in [-0.2, 0) is 50.9 Å². The van der Waals surface area contributed by atoms with Crippen LogP contribution in [0.4, 0.5) is 0 Å². The van der Waals surface area contributed by atoms with E-state index in [0.29, 0.717) is 12.8 Å². The van der Waals surface area contributed by atoms with Crippen LogP contribution < -0.4 is 6.15 Å². The molecule has 0 saturated heterocycles. The molecule has 11 N–H and O–H groups in total. The van der Waals surface area contributed by atoms with Gasteiger partial charge in [0.1, 0.15) is 43.2 Å². The number of aliphatic hydroxyl groups excluding tert-OH is 3. The van der Waals surface area contributed by atoms with Crippen LogP contribution in [0, 0.1) is 82.9 Å². The first kappa shape index (κ1) is 60.0. The molecule has 0 amide bonds. The van der Waals surface area contributed by atoms with E-state index in [1.165, 1.54) is 44.9 Å². The lowest BCUT2D eigenvalue weighted by Crippen LogP contribution is -2.65. The van der Waals surface area contributed by atoms with E-state index in [9.17, 15) is 63.1 Å². The summed E-state index contributed by atoms with van der Waals surface area (Å²) in [6.07, 6.45) is -3.06. The molecule has 1 fully saturated rings. The minimum Gasteiger partial charge on any atom is -0.456 e. The zero-order chi connectivity index (χ0) is 47.2. The smallest absolute Gasteiger partial charge is 0.456 e. The van der Waals surface area contributed by atoms with E-state index in [-0.39, 0.29) is 31.1 Å². The Hall–Kier alpha value is -3.97. The number of phosphoric ester groups is 3. The third-order valence-electron chi connectivity index (χ3n) is 8.38. The van der Waals surface area contributed by atoms with E-state index in [4.69, 9.17) is 18.5 Å². The van der Waals surface area contributed by atoms with Crippen molar-refractivity contribution in [2.24, 2.45) is 0 Å². The Kier molecular flexibility index (Phi) is 31.4. The number of unbranched alkanes of at least 4 members (excludes halogenated alkanes) is 12. The molecule has 23 heteroatoms. The molecule has 0 aromatic rings. The van der Waals surface area contributed by atoms with E-state index in [1.807, 2.05) is 5.92 Å². The molecule has 0 radical (unpaired) electrons. The number of hydrogen-bond acceptors (Lipinski definition) is 15. The molecular formula is C41H82NO19P3. The standard InChI is InChI=1S/C41H53O19P3.H3N.13H2/c1-3-5-7-9-11-13-15-17-19-21-23-25-27-29-34(42)55-31-33(57-35(43)30-28-26-24-22-20-18-16-14-12-10-8-6-4-2)32-56-63(53,54)60-39-36(44)37(45)40(58-61(47,48)49)41(38(39)46)59-62(50,51)52;;;;;;;;;;;;;;/h33,36-41,44-46H,4,6,8,10,12,14,16,18,20,22,24,26,28,30-32H2,1-2H3,(H,53,54)(H2,47,48,49)(H2,50,51,52);1H3;13*1H/t33-,36+,37?,38?,39?,40-,41+;;;;;;;;;;;;;;/m1............../s1. The molecule has 1 aliphatic carbocycles. The van der Waals surface area contributed by atoms with Crippen LogP contribution in [0.15, 0.2) is 0 Å². The maximum atomic E-state index is 13.0. The van der Waals surface area contributed by atoms with E-state index < -0.39 is 91.3 Å². The summed E-state index contributed by atoms with van der Waals surface area (Å²) in [5.41, 5.74) is 0.